The number of phenolic OH excluding ortho intramolecular Hbond substituents is 2. The molecule has 2 amide bonds. The number of ether oxygens (including phenoxy) is 1. The van der Waals surface area contributed by atoms with Crippen molar-refractivity contribution in [3.8, 4) is 11.5 Å². The average Bonchev–Trinajstić information content (AvgIpc) is 2.70. The molecule has 9 nitrogen and oxygen atoms in total. The minimum Gasteiger partial charge on any atom is -0.504 e. The van der Waals surface area contributed by atoms with E-state index in [2.05, 4.69) is 0 Å². The van der Waals surface area contributed by atoms with Crippen molar-refractivity contribution in [3.05, 3.63) is 59.7 Å². The number of rotatable bonds is 8. The first-order chi connectivity index (χ1) is 14.2. The first kappa shape index (κ1) is 22.7. The van der Waals surface area contributed by atoms with Crippen LogP contribution in [-0.2, 0) is 27.4 Å². The Morgan fingerprint density at radius 1 is 1.03 bits per heavy atom. The van der Waals surface area contributed by atoms with Crippen LogP contribution in [0.1, 0.15) is 24.5 Å². The molecule has 0 heterocycles. The van der Waals surface area contributed by atoms with Gasteiger partial charge in [0.05, 0.1) is 0 Å². The molecule has 9 heteroatoms. The summed E-state index contributed by atoms with van der Waals surface area (Å²) >= 11 is 0. The minimum atomic E-state index is -2.02. The number of carbonyl (C=O) groups excluding carboxylic acids is 2. The maximum absolute atomic E-state index is 12.8. The van der Waals surface area contributed by atoms with Crippen LogP contribution >= 0.6 is 0 Å². The van der Waals surface area contributed by atoms with E-state index in [4.69, 9.17) is 10.5 Å². The molecule has 160 valence electrons. The van der Waals surface area contributed by atoms with Crippen LogP contribution in [0.25, 0.3) is 0 Å². The van der Waals surface area contributed by atoms with Crippen LogP contribution in [0.4, 0.5) is 4.79 Å². The number of hydrogen-bond acceptors (Lipinski definition) is 7. The molecule has 0 aromatic heterocycles. The van der Waals surface area contributed by atoms with Gasteiger partial charge in [-0.15, -0.1) is 0 Å². The molecule has 5 N–H and O–H groups in total. The van der Waals surface area contributed by atoms with Crippen molar-refractivity contribution in [3.63, 3.8) is 0 Å². The molecule has 1 atom stereocenters. The van der Waals surface area contributed by atoms with Crippen molar-refractivity contribution in [1.29, 1.82) is 0 Å². The maximum atomic E-state index is 12.8. The van der Waals surface area contributed by atoms with Gasteiger partial charge in [-0.3, -0.25) is 4.79 Å². The molecule has 0 aliphatic carbocycles. The van der Waals surface area contributed by atoms with Crippen LogP contribution < -0.4 is 5.73 Å². The van der Waals surface area contributed by atoms with Gasteiger partial charge < -0.3 is 25.8 Å². The standard InChI is InChI=1S/C21H24N2O7/c1-21(19(27)28,12-15-7-8-16(24)17(25)11-15)23(18(26)9-10-22)20(29)30-13-14-5-3-2-4-6-14/h2-8,11,24-25H,9-10,12-13,22H2,1H3,(H,27,28)/t21-/m0/s1. The molecule has 0 radical (unpaired) electrons. The quantitative estimate of drug-likeness (QED) is 0.477. The summed E-state index contributed by atoms with van der Waals surface area (Å²) in [6, 6.07) is 12.5. The zero-order valence-electron chi connectivity index (χ0n) is 16.4. The van der Waals surface area contributed by atoms with Gasteiger partial charge >= 0.3 is 12.1 Å². The number of aliphatic carboxylic acids is 1. The summed E-state index contributed by atoms with van der Waals surface area (Å²) in [7, 11) is 0. The SMILES string of the molecule is C[C@](Cc1ccc(O)c(O)c1)(C(=O)O)N(C(=O)CCN)C(=O)OCc1ccccc1. The van der Waals surface area contributed by atoms with Gasteiger partial charge in [0.2, 0.25) is 5.91 Å². The third-order valence-electron chi connectivity index (χ3n) is 4.54. The Hall–Kier alpha value is -3.59. The molecule has 2 aromatic carbocycles. The van der Waals surface area contributed by atoms with Gasteiger partial charge in [-0.25, -0.2) is 14.5 Å². The predicted octanol–water partition coefficient (Wildman–Crippen LogP) is 2.00. The first-order valence-electron chi connectivity index (χ1n) is 9.17. The molecule has 30 heavy (non-hydrogen) atoms. The van der Waals surface area contributed by atoms with Crippen molar-refractivity contribution in [2.45, 2.75) is 31.9 Å². The third-order valence-corrected chi connectivity index (χ3v) is 4.54. The van der Waals surface area contributed by atoms with E-state index in [1.54, 1.807) is 30.3 Å². The summed E-state index contributed by atoms with van der Waals surface area (Å²) in [6.45, 7) is 0.968. The van der Waals surface area contributed by atoms with E-state index >= 15 is 0 Å². The Morgan fingerprint density at radius 3 is 2.27 bits per heavy atom. The van der Waals surface area contributed by atoms with Gasteiger partial charge in [-0.05, 0) is 30.2 Å². The van der Waals surface area contributed by atoms with Crippen molar-refractivity contribution in [2.24, 2.45) is 5.73 Å². The normalized spacial score (nSPS) is 12.6. The summed E-state index contributed by atoms with van der Waals surface area (Å²) in [6.07, 6.45) is -1.71. The smallest absolute Gasteiger partial charge is 0.417 e. The minimum absolute atomic E-state index is 0.0863. The topological polar surface area (TPSA) is 150 Å². The molecule has 0 saturated carbocycles. The van der Waals surface area contributed by atoms with E-state index in [1.807, 2.05) is 0 Å². The van der Waals surface area contributed by atoms with E-state index in [9.17, 15) is 29.7 Å². The Labute approximate surface area is 173 Å². The summed E-state index contributed by atoms with van der Waals surface area (Å²) in [4.78, 5) is 38.1. The zero-order chi connectivity index (χ0) is 22.3. The Kier molecular flexibility index (Phi) is 7.38. The van der Waals surface area contributed by atoms with Gasteiger partial charge in [-0.1, -0.05) is 36.4 Å². The number of aromatic hydroxyl groups is 2. The summed E-state index contributed by atoms with van der Waals surface area (Å²) < 4.78 is 5.21. The highest BCUT2D eigenvalue weighted by Crippen LogP contribution is 2.29. The van der Waals surface area contributed by atoms with E-state index < -0.39 is 29.3 Å². The second-order valence-electron chi connectivity index (χ2n) is 6.89. The number of amides is 2. The fourth-order valence-electron chi connectivity index (χ4n) is 2.92. The van der Waals surface area contributed by atoms with Crippen LogP contribution in [-0.4, -0.2) is 50.3 Å². The van der Waals surface area contributed by atoms with Gasteiger partial charge in [0.25, 0.3) is 0 Å². The molecule has 0 aliphatic rings. The number of phenols is 2. The van der Waals surface area contributed by atoms with E-state index in [0.717, 1.165) is 6.07 Å². The van der Waals surface area contributed by atoms with Crippen molar-refractivity contribution in [1.82, 2.24) is 4.90 Å². The Bertz CT molecular complexity index is 917. The second-order valence-corrected chi connectivity index (χ2v) is 6.89. The number of carboxylic acid groups (broad SMARTS) is 1. The number of carbonyl (C=O) groups is 3. The highest BCUT2D eigenvalue weighted by atomic mass is 16.6. The number of benzene rings is 2. The lowest BCUT2D eigenvalue weighted by molar-refractivity contribution is -0.156. The number of hydrogen-bond donors (Lipinski definition) is 4. The lowest BCUT2D eigenvalue weighted by Crippen LogP contribution is -2.59. The molecule has 2 aromatic rings. The van der Waals surface area contributed by atoms with Crippen LogP contribution in [0.5, 0.6) is 11.5 Å². The number of nitrogens with two attached hydrogens (primary N) is 1. The molecule has 0 saturated heterocycles. The summed E-state index contributed by atoms with van der Waals surface area (Å²) in [5.74, 6) is -3.08. The van der Waals surface area contributed by atoms with Crippen molar-refractivity contribution >= 4 is 18.0 Å². The first-order valence-corrected chi connectivity index (χ1v) is 9.17. The Balaban J connectivity index is 2.35. The molecule has 0 unspecified atom stereocenters. The lowest BCUT2D eigenvalue weighted by Gasteiger charge is -2.35. The fraction of sp³-hybridized carbons (Fsp3) is 0.286. The van der Waals surface area contributed by atoms with Gasteiger partial charge in [0.15, 0.2) is 17.0 Å². The zero-order valence-corrected chi connectivity index (χ0v) is 16.4. The highest BCUT2D eigenvalue weighted by molar-refractivity contribution is 5.98. The number of nitrogens with zero attached hydrogens (tertiary/aromatic N) is 1. The van der Waals surface area contributed by atoms with Gasteiger partial charge in [0, 0.05) is 19.4 Å². The number of imide groups is 1. The van der Waals surface area contributed by atoms with E-state index in [1.165, 1.54) is 19.1 Å². The number of carboxylic acids is 1. The van der Waals surface area contributed by atoms with Crippen LogP contribution in [0.2, 0.25) is 0 Å². The van der Waals surface area contributed by atoms with Crippen LogP contribution in [0.3, 0.4) is 0 Å². The molecule has 0 aliphatic heterocycles. The highest BCUT2D eigenvalue weighted by Gasteiger charge is 2.47. The van der Waals surface area contributed by atoms with Gasteiger partial charge in [0.1, 0.15) is 6.61 Å². The third kappa shape index (κ3) is 5.26. The Morgan fingerprint density at radius 2 is 1.70 bits per heavy atom. The molecular weight excluding hydrogens is 392 g/mol. The monoisotopic (exact) mass is 416 g/mol. The van der Waals surface area contributed by atoms with E-state index in [0.29, 0.717) is 10.5 Å². The van der Waals surface area contributed by atoms with Crippen molar-refractivity contribution < 1.29 is 34.4 Å². The fourth-order valence-corrected chi connectivity index (χ4v) is 2.92. The van der Waals surface area contributed by atoms with Gasteiger partial charge in [-0.2, -0.15) is 0 Å². The van der Waals surface area contributed by atoms with Crippen molar-refractivity contribution in [2.75, 3.05) is 6.54 Å². The largest absolute Gasteiger partial charge is 0.504 e. The molecule has 2 rings (SSSR count). The van der Waals surface area contributed by atoms with Crippen LogP contribution in [0, 0.1) is 0 Å². The lowest BCUT2D eigenvalue weighted by atomic mass is 9.90. The molecular formula is C21H24N2O7. The average molecular weight is 416 g/mol. The molecule has 0 bridgehead atoms. The van der Waals surface area contributed by atoms with E-state index in [-0.39, 0.29) is 37.3 Å². The molecule has 0 fully saturated rings. The maximum Gasteiger partial charge on any atom is 0.417 e. The second kappa shape index (κ2) is 9.75. The summed E-state index contributed by atoms with van der Waals surface area (Å²) in [5.41, 5.74) is 4.36. The van der Waals surface area contributed by atoms with Crippen LogP contribution in [0.15, 0.2) is 48.5 Å². The molecule has 0 spiro atoms. The summed E-state index contributed by atoms with van der Waals surface area (Å²) in [5, 5.41) is 29.1. The predicted molar refractivity (Wildman–Crippen MR) is 107 cm³/mol.